The Morgan fingerprint density at radius 2 is 1.84 bits per heavy atom. The summed E-state index contributed by atoms with van der Waals surface area (Å²) in [6.07, 6.45) is -0.0907. The second kappa shape index (κ2) is 5.27. The van der Waals surface area contributed by atoms with E-state index < -0.39 is 17.8 Å². The van der Waals surface area contributed by atoms with Crippen molar-refractivity contribution in [3.63, 3.8) is 0 Å². The zero-order chi connectivity index (χ0) is 14.0. The molecule has 2 aromatic rings. The fraction of sp³-hybridized carbons (Fsp3) is 0.385. The summed E-state index contributed by atoms with van der Waals surface area (Å²) in [7, 11) is 0. The summed E-state index contributed by atoms with van der Waals surface area (Å²) >= 11 is 0. The minimum atomic E-state index is -1.07. The van der Waals surface area contributed by atoms with E-state index >= 15 is 0 Å². The first-order chi connectivity index (χ1) is 9.04. The highest BCUT2D eigenvalue weighted by molar-refractivity contribution is 5.78. The standard InChI is InChI=1S/C13H16N2O4/c1-2-9(16)7-14-10-5-3-4-6-11(10)15(13(14)19)8-12(17)18/h3-6,9,16H,2,7-8H2,1H3,(H,17,18). The van der Waals surface area contributed by atoms with E-state index in [9.17, 15) is 14.7 Å². The summed E-state index contributed by atoms with van der Waals surface area (Å²) < 4.78 is 2.63. The summed E-state index contributed by atoms with van der Waals surface area (Å²) in [5, 5.41) is 18.6. The van der Waals surface area contributed by atoms with Crippen LogP contribution >= 0.6 is 0 Å². The minimum absolute atomic E-state index is 0.169. The molecule has 0 amide bonds. The molecule has 0 aliphatic heterocycles. The summed E-state index contributed by atoms with van der Waals surface area (Å²) in [4.78, 5) is 23.1. The van der Waals surface area contributed by atoms with Crippen molar-refractivity contribution in [1.82, 2.24) is 9.13 Å². The predicted molar refractivity (Wildman–Crippen MR) is 70.1 cm³/mol. The van der Waals surface area contributed by atoms with Gasteiger partial charge in [-0.15, -0.1) is 0 Å². The van der Waals surface area contributed by atoms with E-state index in [1.807, 2.05) is 6.92 Å². The lowest BCUT2D eigenvalue weighted by atomic mass is 10.2. The van der Waals surface area contributed by atoms with Gasteiger partial charge in [0.2, 0.25) is 0 Å². The van der Waals surface area contributed by atoms with Gasteiger partial charge in [0.15, 0.2) is 0 Å². The van der Waals surface area contributed by atoms with E-state index in [2.05, 4.69) is 0 Å². The molecule has 0 bridgehead atoms. The molecule has 1 heterocycles. The second-order valence-electron chi connectivity index (χ2n) is 4.42. The maximum absolute atomic E-state index is 12.2. The van der Waals surface area contributed by atoms with Crippen LogP contribution in [-0.4, -0.2) is 31.4 Å². The van der Waals surface area contributed by atoms with Gasteiger partial charge in [-0.05, 0) is 18.6 Å². The first-order valence-electron chi connectivity index (χ1n) is 6.12. The number of rotatable bonds is 5. The zero-order valence-corrected chi connectivity index (χ0v) is 10.6. The van der Waals surface area contributed by atoms with Crippen molar-refractivity contribution >= 4 is 17.0 Å². The predicted octanol–water partition coefficient (Wildman–Crippen LogP) is 0.658. The van der Waals surface area contributed by atoms with Gasteiger partial charge in [0, 0.05) is 0 Å². The summed E-state index contributed by atoms with van der Waals surface area (Å²) in [5.41, 5.74) is 0.801. The number of para-hydroxylation sites is 2. The van der Waals surface area contributed by atoms with Crippen molar-refractivity contribution in [2.45, 2.75) is 32.5 Å². The maximum Gasteiger partial charge on any atom is 0.329 e. The first kappa shape index (κ1) is 13.4. The third-order valence-corrected chi connectivity index (χ3v) is 3.08. The van der Waals surface area contributed by atoms with Gasteiger partial charge in [0.25, 0.3) is 0 Å². The highest BCUT2D eigenvalue weighted by Crippen LogP contribution is 2.13. The monoisotopic (exact) mass is 264 g/mol. The number of carbonyl (C=O) groups is 1. The summed E-state index contributed by atoms with van der Waals surface area (Å²) in [5.74, 6) is -1.07. The zero-order valence-electron chi connectivity index (χ0n) is 10.6. The average molecular weight is 264 g/mol. The molecule has 2 rings (SSSR count). The molecule has 1 atom stereocenters. The van der Waals surface area contributed by atoms with E-state index in [0.29, 0.717) is 17.5 Å². The number of fused-ring (bicyclic) bond motifs is 1. The van der Waals surface area contributed by atoms with E-state index in [1.54, 1.807) is 24.3 Å². The smallest absolute Gasteiger partial charge is 0.329 e. The van der Waals surface area contributed by atoms with Crippen LogP contribution in [0.15, 0.2) is 29.1 Å². The molecule has 2 N–H and O–H groups in total. The van der Waals surface area contributed by atoms with Crippen LogP contribution in [0, 0.1) is 0 Å². The molecule has 0 saturated carbocycles. The minimum Gasteiger partial charge on any atom is -0.480 e. The number of benzene rings is 1. The van der Waals surface area contributed by atoms with Gasteiger partial charge in [0.05, 0.1) is 23.7 Å². The number of hydrogen-bond acceptors (Lipinski definition) is 3. The lowest BCUT2D eigenvalue weighted by molar-refractivity contribution is -0.137. The van der Waals surface area contributed by atoms with Crippen molar-refractivity contribution in [2.75, 3.05) is 0 Å². The molecule has 0 fully saturated rings. The Hall–Kier alpha value is -2.08. The summed E-state index contributed by atoms with van der Waals surface area (Å²) in [6, 6.07) is 6.98. The quantitative estimate of drug-likeness (QED) is 0.830. The number of imidazole rings is 1. The van der Waals surface area contributed by atoms with Gasteiger partial charge < -0.3 is 10.2 Å². The molecule has 0 saturated heterocycles. The highest BCUT2D eigenvalue weighted by atomic mass is 16.4. The SMILES string of the molecule is CCC(O)Cn1c(=O)n(CC(=O)O)c2ccccc21. The van der Waals surface area contributed by atoms with Gasteiger partial charge in [-0.2, -0.15) is 0 Å². The first-order valence-corrected chi connectivity index (χ1v) is 6.12. The molecule has 0 radical (unpaired) electrons. The lowest BCUT2D eigenvalue weighted by Crippen LogP contribution is -2.30. The molecular formula is C13H16N2O4. The number of carboxylic acid groups (broad SMARTS) is 1. The Morgan fingerprint density at radius 3 is 2.37 bits per heavy atom. The molecule has 102 valence electrons. The van der Waals surface area contributed by atoms with E-state index in [0.717, 1.165) is 0 Å². The number of aliphatic carboxylic acids is 1. The van der Waals surface area contributed by atoms with Crippen LogP contribution in [0.2, 0.25) is 0 Å². The Bertz CT molecular complexity index is 656. The number of aliphatic hydroxyl groups excluding tert-OH is 1. The van der Waals surface area contributed by atoms with Gasteiger partial charge in [-0.1, -0.05) is 19.1 Å². The number of aromatic nitrogens is 2. The number of nitrogens with zero attached hydrogens (tertiary/aromatic N) is 2. The van der Waals surface area contributed by atoms with Gasteiger partial charge in [-0.25, -0.2) is 4.79 Å². The van der Waals surface area contributed by atoms with Gasteiger partial charge >= 0.3 is 11.7 Å². The van der Waals surface area contributed by atoms with Crippen LogP contribution < -0.4 is 5.69 Å². The fourth-order valence-electron chi connectivity index (χ4n) is 2.08. The van der Waals surface area contributed by atoms with Crippen molar-refractivity contribution in [3.8, 4) is 0 Å². The van der Waals surface area contributed by atoms with E-state index in [-0.39, 0.29) is 13.1 Å². The van der Waals surface area contributed by atoms with Crippen molar-refractivity contribution in [3.05, 3.63) is 34.7 Å². The molecule has 1 unspecified atom stereocenters. The van der Waals surface area contributed by atoms with Crippen LogP contribution in [-0.2, 0) is 17.9 Å². The van der Waals surface area contributed by atoms with Crippen molar-refractivity contribution in [1.29, 1.82) is 0 Å². The average Bonchev–Trinajstić information content (AvgIpc) is 2.64. The number of aliphatic hydroxyl groups is 1. The normalized spacial score (nSPS) is 12.7. The molecule has 1 aromatic heterocycles. The third-order valence-electron chi connectivity index (χ3n) is 3.08. The molecule has 0 aliphatic carbocycles. The fourth-order valence-corrected chi connectivity index (χ4v) is 2.08. The Kier molecular flexibility index (Phi) is 3.71. The Balaban J connectivity index is 2.60. The number of hydrogen-bond donors (Lipinski definition) is 2. The van der Waals surface area contributed by atoms with Crippen molar-refractivity contribution in [2.24, 2.45) is 0 Å². The molecule has 6 nitrogen and oxygen atoms in total. The van der Waals surface area contributed by atoms with Gasteiger partial charge in [-0.3, -0.25) is 13.9 Å². The topological polar surface area (TPSA) is 84.5 Å². The maximum atomic E-state index is 12.2. The molecular weight excluding hydrogens is 248 g/mol. The van der Waals surface area contributed by atoms with Crippen LogP contribution in [0.4, 0.5) is 0 Å². The van der Waals surface area contributed by atoms with Crippen LogP contribution in [0.5, 0.6) is 0 Å². The Morgan fingerprint density at radius 1 is 1.26 bits per heavy atom. The molecule has 1 aromatic carbocycles. The number of carboxylic acids is 1. The van der Waals surface area contributed by atoms with E-state index in [1.165, 1.54) is 9.13 Å². The van der Waals surface area contributed by atoms with Crippen molar-refractivity contribution < 1.29 is 15.0 Å². The second-order valence-corrected chi connectivity index (χ2v) is 4.42. The third kappa shape index (κ3) is 2.53. The molecule has 19 heavy (non-hydrogen) atoms. The Labute approximate surface area is 109 Å². The molecule has 0 spiro atoms. The molecule has 0 aliphatic rings. The molecule has 6 heteroatoms. The lowest BCUT2D eigenvalue weighted by Gasteiger charge is -2.08. The van der Waals surface area contributed by atoms with Crippen LogP contribution in [0.25, 0.3) is 11.0 Å². The van der Waals surface area contributed by atoms with Crippen LogP contribution in [0.1, 0.15) is 13.3 Å². The van der Waals surface area contributed by atoms with E-state index in [4.69, 9.17) is 5.11 Å². The highest BCUT2D eigenvalue weighted by Gasteiger charge is 2.16. The largest absolute Gasteiger partial charge is 0.480 e. The summed E-state index contributed by atoms with van der Waals surface area (Å²) in [6.45, 7) is 1.61. The van der Waals surface area contributed by atoms with Gasteiger partial charge in [0.1, 0.15) is 6.54 Å². The van der Waals surface area contributed by atoms with Crippen LogP contribution in [0.3, 0.4) is 0 Å².